The standard InChI is InChI=1S/C28H20FN3O2S/c29-24-14-10-21(11-15-24)18-30-31-28-32(19-25-7-4-16-34-25)27(33)26(35-28)17-20-8-12-23(13-9-20)22-5-2-1-3-6-22/h1-18H,19H2/b26-17-,30-18+,31-28-. The number of carbonyl (C=O) groups is 1. The molecule has 172 valence electrons. The summed E-state index contributed by atoms with van der Waals surface area (Å²) >= 11 is 1.25. The predicted molar refractivity (Wildman–Crippen MR) is 138 cm³/mol. The number of thioether (sulfide) groups is 1. The van der Waals surface area contributed by atoms with E-state index in [4.69, 9.17) is 4.42 Å². The normalized spacial score (nSPS) is 16.1. The van der Waals surface area contributed by atoms with Crippen LogP contribution in [0, 0.1) is 5.82 Å². The summed E-state index contributed by atoms with van der Waals surface area (Å²) in [5.74, 6) is 0.151. The summed E-state index contributed by atoms with van der Waals surface area (Å²) in [6.45, 7) is 0.244. The zero-order chi connectivity index (χ0) is 24.0. The van der Waals surface area contributed by atoms with Crippen molar-refractivity contribution in [2.75, 3.05) is 0 Å². The van der Waals surface area contributed by atoms with Crippen LogP contribution in [0.1, 0.15) is 16.9 Å². The number of hydrogen-bond donors (Lipinski definition) is 0. The van der Waals surface area contributed by atoms with Gasteiger partial charge >= 0.3 is 0 Å². The summed E-state index contributed by atoms with van der Waals surface area (Å²) in [6.07, 6.45) is 4.94. The zero-order valence-corrected chi connectivity index (χ0v) is 19.4. The summed E-state index contributed by atoms with van der Waals surface area (Å²) in [4.78, 5) is 15.3. The molecule has 1 fully saturated rings. The molecule has 1 saturated heterocycles. The van der Waals surface area contributed by atoms with Gasteiger partial charge in [-0.15, -0.1) is 5.10 Å². The number of carbonyl (C=O) groups excluding carboxylic acids is 1. The van der Waals surface area contributed by atoms with E-state index in [-0.39, 0.29) is 18.3 Å². The fourth-order valence-corrected chi connectivity index (χ4v) is 4.46. The first-order chi connectivity index (χ1) is 17.2. The number of hydrogen-bond acceptors (Lipinski definition) is 5. The van der Waals surface area contributed by atoms with Crippen LogP contribution in [0.3, 0.4) is 0 Å². The average molecular weight is 482 g/mol. The minimum Gasteiger partial charge on any atom is -0.467 e. The van der Waals surface area contributed by atoms with E-state index in [1.54, 1.807) is 30.5 Å². The predicted octanol–water partition coefficient (Wildman–Crippen LogP) is 6.59. The van der Waals surface area contributed by atoms with Crippen molar-refractivity contribution >= 4 is 35.1 Å². The number of benzene rings is 3. The largest absolute Gasteiger partial charge is 0.467 e. The number of amidine groups is 1. The highest BCUT2D eigenvalue weighted by molar-refractivity contribution is 8.18. The summed E-state index contributed by atoms with van der Waals surface area (Å²) in [5, 5.41) is 8.84. The molecule has 1 aliphatic heterocycles. The second-order valence-corrected chi connectivity index (χ2v) is 8.76. The molecule has 0 radical (unpaired) electrons. The molecule has 35 heavy (non-hydrogen) atoms. The van der Waals surface area contributed by atoms with Crippen LogP contribution >= 0.6 is 11.8 Å². The Hall–Kier alpha value is -4.23. The van der Waals surface area contributed by atoms with Crippen LogP contribution < -0.4 is 0 Å². The molecular weight excluding hydrogens is 461 g/mol. The molecule has 5 rings (SSSR count). The molecule has 5 nitrogen and oxygen atoms in total. The molecule has 0 aliphatic carbocycles. The SMILES string of the molecule is O=C1/C(=C/c2ccc(-c3ccccc3)cc2)S/C(=N\N=C\c2ccc(F)cc2)N1Cc1ccco1. The third kappa shape index (κ3) is 5.47. The molecule has 0 N–H and O–H groups in total. The monoisotopic (exact) mass is 481 g/mol. The summed E-state index contributed by atoms with van der Waals surface area (Å²) < 4.78 is 18.6. The Morgan fingerprint density at radius 3 is 2.29 bits per heavy atom. The first-order valence-electron chi connectivity index (χ1n) is 10.9. The number of amides is 1. The fraction of sp³-hybridized carbons (Fsp3) is 0.0357. The average Bonchev–Trinajstić information content (AvgIpc) is 3.51. The second kappa shape index (κ2) is 10.4. The lowest BCUT2D eigenvalue weighted by atomic mass is 10.0. The summed E-state index contributed by atoms with van der Waals surface area (Å²) in [5.41, 5.74) is 3.86. The van der Waals surface area contributed by atoms with Crippen LogP contribution in [-0.2, 0) is 11.3 Å². The zero-order valence-electron chi connectivity index (χ0n) is 18.5. The third-order valence-electron chi connectivity index (χ3n) is 5.32. The van der Waals surface area contributed by atoms with Gasteiger partial charge in [-0.05, 0) is 64.4 Å². The Morgan fingerprint density at radius 2 is 1.57 bits per heavy atom. The van der Waals surface area contributed by atoms with Gasteiger partial charge in [0, 0.05) is 0 Å². The van der Waals surface area contributed by atoms with Crippen LogP contribution in [-0.4, -0.2) is 22.2 Å². The highest BCUT2D eigenvalue weighted by atomic mass is 32.2. The van der Waals surface area contributed by atoms with Crippen LogP contribution in [0.15, 0.2) is 117 Å². The Bertz CT molecular complexity index is 1400. The Labute approximate surface area is 206 Å². The summed E-state index contributed by atoms with van der Waals surface area (Å²) in [7, 11) is 0. The van der Waals surface area contributed by atoms with Crippen molar-refractivity contribution in [1.29, 1.82) is 0 Å². The van der Waals surface area contributed by atoms with E-state index in [0.717, 1.165) is 16.7 Å². The van der Waals surface area contributed by atoms with E-state index >= 15 is 0 Å². The second-order valence-electron chi connectivity index (χ2n) is 7.75. The molecule has 3 aromatic carbocycles. The first kappa shape index (κ1) is 22.6. The van der Waals surface area contributed by atoms with Crippen LogP contribution in [0.5, 0.6) is 0 Å². The molecule has 0 unspecified atom stereocenters. The van der Waals surface area contributed by atoms with Gasteiger partial charge in [0.2, 0.25) is 0 Å². The Morgan fingerprint density at radius 1 is 0.857 bits per heavy atom. The topological polar surface area (TPSA) is 58.2 Å². The van der Waals surface area contributed by atoms with Gasteiger partial charge in [-0.1, -0.05) is 66.7 Å². The van der Waals surface area contributed by atoms with Crippen molar-refractivity contribution in [2.45, 2.75) is 6.54 Å². The van der Waals surface area contributed by atoms with Crippen LogP contribution in [0.2, 0.25) is 0 Å². The Kier molecular flexibility index (Phi) is 6.68. The first-order valence-corrected chi connectivity index (χ1v) is 11.7. The lowest BCUT2D eigenvalue weighted by molar-refractivity contribution is -0.122. The lowest BCUT2D eigenvalue weighted by Crippen LogP contribution is -2.28. The van der Waals surface area contributed by atoms with Crippen molar-refractivity contribution in [3.63, 3.8) is 0 Å². The molecular formula is C28H20FN3O2S. The number of nitrogens with zero attached hydrogens (tertiary/aromatic N) is 3. The van der Waals surface area contributed by atoms with Crippen molar-refractivity contribution < 1.29 is 13.6 Å². The van der Waals surface area contributed by atoms with Gasteiger partial charge < -0.3 is 4.42 Å². The lowest BCUT2D eigenvalue weighted by Gasteiger charge is -2.12. The smallest absolute Gasteiger partial charge is 0.267 e. The van der Waals surface area contributed by atoms with Gasteiger partial charge in [-0.3, -0.25) is 9.69 Å². The molecule has 0 saturated carbocycles. The van der Waals surface area contributed by atoms with Gasteiger partial charge in [0.15, 0.2) is 5.17 Å². The summed E-state index contributed by atoms with van der Waals surface area (Å²) in [6, 6.07) is 27.7. The maximum absolute atomic E-state index is 13.2. The van der Waals surface area contributed by atoms with Crippen molar-refractivity contribution in [1.82, 2.24) is 4.90 Å². The van der Waals surface area contributed by atoms with Gasteiger partial charge in [0.25, 0.3) is 5.91 Å². The maximum atomic E-state index is 13.2. The van der Waals surface area contributed by atoms with Crippen molar-refractivity contribution in [3.05, 3.63) is 125 Å². The molecule has 0 atom stereocenters. The minimum absolute atomic E-state index is 0.172. The molecule has 4 aromatic rings. The number of halogens is 1. The van der Waals surface area contributed by atoms with E-state index in [2.05, 4.69) is 22.3 Å². The molecule has 0 spiro atoms. The van der Waals surface area contributed by atoms with Crippen LogP contribution in [0.25, 0.3) is 17.2 Å². The van der Waals surface area contributed by atoms with Gasteiger partial charge in [-0.2, -0.15) is 5.10 Å². The van der Waals surface area contributed by atoms with Crippen molar-refractivity contribution in [3.8, 4) is 11.1 Å². The van der Waals surface area contributed by atoms with E-state index in [1.807, 2.05) is 48.5 Å². The third-order valence-corrected chi connectivity index (χ3v) is 6.31. The van der Waals surface area contributed by atoms with E-state index in [1.165, 1.54) is 35.0 Å². The quantitative estimate of drug-likeness (QED) is 0.177. The van der Waals surface area contributed by atoms with Crippen molar-refractivity contribution in [2.24, 2.45) is 10.2 Å². The van der Waals surface area contributed by atoms with Gasteiger partial charge in [-0.25, -0.2) is 4.39 Å². The molecule has 1 aromatic heterocycles. The van der Waals surface area contributed by atoms with Crippen LogP contribution in [0.4, 0.5) is 4.39 Å². The molecule has 0 bridgehead atoms. The van der Waals surface area contributed by atoms with Gasteiger partial charge in [0.1, 0.15) is 11.6 Å². The maximum Gasteiger partial charge on any atom is 0.267 e. The molecule has 1 amide bonds. The number of rotatable bonds is 6. The Balaban J connectivity index is 1.39. The minimum atomic E-state index is -0.318. The number of furan rings is 1. The molecule has 2 heterocycles. The molecule has 1 aliphatic rings. The fourth-order valence-electron chi connectivity index (χ4n) is 3.53. The van der Waals surface area contributed by atoms with E-state index in [9.17, 15) is 9.18 Å². The van der Waals surface area contributed by atoms with E-state index in [0.29, 0.717) is 21.4 Å². The molecule has 7 heteroatoms. The highest BCUT2D eigenvalue weighted by Crippen LogP contribution is 2.34. The van der Waals surface area contributed by atoms with E-state index < -0.39 is 0 Å². The van der Waals surface area contributed by atoms with Gasteiger partial charge in [0.05, 0.1) is 23.9 Å². The highest BCUT2D eigenvalue weighted by Gasteiger charge is 2.34.